The second kappa shape index (κ2) is 8.96. The average molecular weight is 515 g/mol. The molecular weight excluding hydrogens is 496 g/mol. The zero-order valence-electron chi connectivity index (χ0n) is 18.1. The standard InChI is InChI=1S/C21H18N6O6S2/c1-32-26-14(11-8-35-21(22)24-11)17(28)25-15-12-5-4-9(16(20(30)31)27(12)19(15)29)10-7-34-18(23-10)13-3-2-6-33-13/h2-3,6-8,12,15H,4-5H2,1H3,(H2,22,24)(H,25,28)(H,30,31)/b26-14-/t12-,15+/m1/s1. The molecular formula is C21H18N6O6S2. The Balaban J connectivity index is 1.39. The number of carboxylic acid groups (broad SMARTS) is 1. The highest BCUT2D eigenvalue weighted by molar-refractivity contribution is 7.13. The second-order valence-corrected chi connectivity index (χ2v) is 9.35. The molecule has 0 unspecified atom stereocenters. The largest absolute Gasteiger partial charge is 0.477 e. The van der Waals surface area contributed by atoms with E-state index in [1.807, 2.05) is 0 Å². The number of amides is 2. The molecule has 35 heavy (non-hydrogen) atoms. The molecule has 1 fully saturated rings. The minimum atomic E-state index is -1.24. The Hall–Kier alpha value is -4.04. The number of β-lactam (4-membered cyclic amide) rings is 1. The number of hydrogen-bond donors (Lipinski definition) is 3. The summed E-state index contributed by atoms with van der Waals surface area (Å²) in [6.07, 6.45) is 2.34. The van der Waals surface area contributed by atoms with E-state index in [0.29, 0.717) is 34.9 Å². The number of thiazole rings is 2. The van der Waals surface area contributed by atoms with Crippen molar-refractivity contribution in [3.05, 3.63) is 46.2 Å². The molecule has 5 rings (SSSR count). The van der Waals surface area contributed by atoms with Crippen molar-refractivity contribution in [1.82, 2.24) is 20.2 Å². The van der Waals surface area contributed by atoms with Gasteiger partial charge in [0.15, 0.2) is 21.6 Å². The third kappa shape index (κ3) is 3.95. The molecule has 5 heterocycles. The van der Waals surface area contributed by atoms with Gasteiger partial charge < -0.3 is 25.4 Å². The second-order valence-electron chi connectivity index (χ2n) is 7.61. The first-order valence-corrected chi connectivity index (χ1v) is 12.1. The van der Waals surface area contributed by atoms with Gasteiger partial charge in [0.25, 0.3) is 11.8 Å². The molecule has 3 aromatic heterocycles. The smallest absolute Gasteiger partial charge is 0.352 e. The summed E-state index contributed by atoms with van der Waals surface area (Å²) in [6, 6.07) is 2.07. The fraction of sp³-hybridized carbons (Fsp3) is 0.238. The minimum Gasteiger partial charge on any atom is -0.477 e. The van der Waals surface area contributed by atoms with Crippen LogP contribution in [0.15, 0.2) is 44.4 Å². The lowest BCUT2D eigenvalue weighted by atomic mass is 9.82. The van der Waals surface area contributed by atoms with Gasteiger partial charge in [0.2, 0.25) is 0 Å². The van der Waals surface area contributed by atoms with Crippen molar-refractivity contribution in [2.24, 2.45) is 5.16 Å². The number of oxime groups is 1. The number of nitrogen functional groups attached to an aromatic ring is 1. The van der Waals surface area contributed by atoms with E-state index in [2.05, 4.69) is 20.4 Å². The Bertz CT molecular complexity index is 1370. The molecule has 12 nitrogen and oxygen atoms in total. The summed E-state index contributed by atoms with van der Waals surface area (Å²) in [5.41, 5.74) is 6.53. The van der Waals surface area contributed by atoms with Crippen LogP contribution in [-0.4, -0.2) is 62.7 Å². The molecule has 180 valence electrons. The van der Waals surface area contributed by atoms with Gasteiger partial charge >= 0.3 is 5.97 Å². The van der Waals surface area contributed by atoms with Crippen molar-refractivity contribution in [3.8, 4) is 10.8 Å². The number of nitrogens with two attached hydrogens (primary N) is 1. The van der Waals surface area contributed by atoms with Gasteiger partial charge in [0.1, 0.15) is 24.5 Å². The number of rotatable bonds is 7. The van der Waals surface area contributed by atoms with Gasteiger partial charge in [-0.2, -0.15) is 0 Å². The lowest BCUT2D eigenvalue weighted by Crippen LogP contribution is -2.72. The van der Waals surface area contributed by atoms with E-state index >= 15 is 0 Å². The molecule has 2 aliphatic rings. The number of hydrogen-bond acceptors (Lipinski definition) is 11. The molecule has 0 radical (unpaired) electrons. The number of anilines is 1. The Morgan fingerprint density at radius 3 is 2.83 bits per heavy atom. The summed E-state index contributed by atoms with van der Waals surface area (Å²) in [7, 11) is 1.28. The molecule has 2 aliphatic heterocycles. The highest BCUT2D eigenvalue weighted by Gasteiger charge is 2.54. The molecule has 2 amide bonds. The third-order valence-corrected chi connectivity index (χ3v) is 7.16. The topological polar surface area (TPSA) is 173 Å². The van der Waals surface area contributed by atoms with E-state index in [0.717, 1.165) is 11.3 Å². The monoisotopic (exact) mass is 514 g/mol. The molecule has 0 spiro atoms. The molecule has 0 aromatic carbocycles. The SMILES string of the molecule is CO/N=C(\C(=O)N[C@@H]1C(=O)N2C(C(=O)O)=C(c3csc(-c4ccco4)n3)CC[C@H]12)c1csc(N)n1. The van der Waals surface area contributed by atoms with E-state index in [1.54, 1.807) is 22.9 Å². The quantitative estimate of drug-likeness (QED) is 0.241. The Kier molecular flexibility index (Phi) is 5.82. The number of carbonyl (C=O) groups excluding carboxylic acids is 2. The number of furan rings is 1. The van der Waals surface area contributed by atoms with Crippen LogP contribution in [0.2, 0.25) is 0 Å². The number of aromatic nitrogens is 2. The molecule has 3 aromatic rings. The minimum absolute atomic E-state index is 0.133. The Morgan fingerprint density at radius 2 is 2.17 bits per heavy atom. The van der Waals surface area contributed by atoms with Gasteiger partial charge in [-0.05, 0) is 25.0 Å². The number of carboxylic acids is 1. The fourth-order valence-corrected chi connectivity index (χ4v) is 5.49. The van der Waals surface area contributed by atoms with E-state index in [-0.39, 0.29) is 22.2 Å². The normalized spacial score (nSPS) is 19.9. The van der Waals surface area contributed by atoms with Crippen LogP contribution in [0.5, 0.6) is 0 Å². The molecule has 4 N–H and O–H groups in total. The summed E-state index contributed by atoms with van der Waals surface area (Å²) in [5, 5.41) is 20.4. The number of nitrogens with zero attached hydrogens (tertiary/aromatic N) is 4. The molecule has 0 saturated carbocycles. The highest BCUT2D eigenvalue weighted by Crippen LogP contribution is 2.41. The van der Waals surface area contributed by atoms with E-state index in [4.69, 9.17) is 15.0 Å². The van der Waals surface area contributed by atoms with Gasteiger partial charge in [-0.15, -0.1) is 22.7 Å². The van der Waals surface area contributed by atoms with Crippen molar-refractivity contribution in [1.29, 1.82) is 0 Å². The molecule has 0 aliphatic carbocycles. The molecule has 2 atom stereocenters. The molecule has 1 saturated heterocycles. The first kappa shape index (κ1) is 22.7. The average Bonchev–Trinajstić information content (AvgIpc) is 3.61. The predicted molar refractivity (Wildman–Crippen MR) is 126 cm³/mol. The maximum Gasteiger partial charge on any atom is 0.352 e. The van der Waals surface area contributed by atoms with E-state index in [9.17, 15) is 19.5 Å². The van der Waals surface area contributed by atoms with Crippen LogP contribution >= 0.6 is 22.7 Å². The first-order chi connectivity index (χ1) is 16.9. The number of allylic oxidation sites excluding steroid dienone is 1. The summed E-state index contributed by atoms with van der Waals surface area (Å²) >= 11 is 2.45. The number of fused-ring (bicyclic) bond motifs is 1. The summed E-state index contributed by atoms with van der Waals surface area (Å²) in [4.78, 5) is 52.6. The zero-order chi connectivity index (χ0) is 24.7. The number of aliphatic carboxylic acids is 1. The predicted octanol–water partition coefficient (Wildman–Crippen LogP) is 1.78. The summed E-state index contributed by atoms with van der Waals surface area (Å²) in [5.74, 6) is -1.88. The lowest BCUT2D eigenvalue weighted by Gasteiger charge is -2.50. The highest BCUT2D eigenvalue weighted by atomic mass is 32.1. The zero-order valence-corrected chi connectivity index (χ0v) is 19.8. The van der Waals surface area contributed by atoms with Gasteiger partial charge in [-0.1, -0.05) is 5.16 Å². The van der Waals surface area contributed by atoms with Gasteiger partial charge in [0, 0.05) is 16.3 Å². The number of carbonyl (C=O) groups is 3. The van der Waals surface area contributed by atoms with Crippen LogP contribution in [0, 0.1) is 0 Å². The van der Waals surface area contributed by atoms with Crippen LogP contribution in [0.1, 0.15) is 24.2 Å². The van der Waals surface area contributed by atoms with Crippen LogP contribution in [-0.2, 0) is 19.2 Å². The van der Waals surface area contributed by atoms with Gasteiger partial charge in [0.05, 0.1) is 18.0 Å². The fourth-order valence-electron chi connectivity index (χ4n) is 4.14. The molecule has 0 bridgehead atoms. The Labute approximate surface area is 205 Å². The third-order valence-electron chi connectivity index (χ3n) is 5.63. The summed E-state index contributed by atoms with van der Waals surface area (Å²) < 4.78 is 5.36. The lowest BCUT2D eigenvalue weighted by molar-refractivity contribution is -0.154. The van der Waals surface area contributed by atoms with Crippen LogP contribution in [0.25, 0.3) is 16.3 Å². The van der Waals surface area contributed by atoms with Gasteiger partial charge in [-0.25, -0.2) is 14.8 Å². The van der Waals surface area contributed by atoms with Crippen molar-refractivity contribution in [2.45, 2.75) is 24.9 Å². The van der Waals surface area contributed by atoms with Crippen LogP contribution in [0.3, 0.4) is 0 Å². The summed E-state index contributed by atoms with van der Waals surface area (Å²) in [6.45, 7) is 0. The van der Waals surface area contributed by atoms with Crippen molar-refractivity contribution in [2.75, 3.05) is 12.8 Å². The first-order valence-electron chi connectivity index (χ1n) is 10.3. The van der Waals surface area contributed by atoms with E-state index in [1.165, 1.54) is 29.6 Å². The van der Waals surface area contributed by atoms with Crippen molar-refractivity contribution in [3.63, 3.8) is 0 Å². The van der Waals surface area contributed by atoms with Crippen LogP contribution in [0.4, 0.5) is 5.13 Å². The maximum absolute atomic E-state index is 13.0. The van der Waals surface area contributed by atoms with Crippen molar-refractivity contribution >= 4 is 56.9 Å². The number of nitrogens with one attached hydrogen (secondary N) is 1. The maximum atomic E-state index is 13.0. The molecule has 14 heteroatoms. The van der Waals surface area contributed by atoms with Gasteiger partial charge in [-0.3, -0.25) is 14.5 Å². The van der Waals surface area contributed by atoms with Crippen molar-refractivity contribution < 1.29 is 28.7 Å². The van der Waals surface area contributed by atoms with E-state index < -0.39 is 29.9 Å². The Morgan fingerprint density at radius 1 is 1.34 bits per heavy atom. The van der Waals surface area contributed by atoms with Crippen LogP contribution < -0.4 is 11.1 Å².